The minimum absolute atomic E-state index is 0.166. The second-order valence-electron chi connectivity index (χ2n) is 3.53. The molecule has 4 heteroatoms. The zero-order valence-electron chi connectivity index (χ0n) is 9.50. The standard InChI is InChI=1S/C11H17NO3/c1-8(2)10(13)9(3)11(14)15-7-6-12(4)5/h1,3,6-7H2,2,4-5H3. The van der Waals surface area contributed by atoms with Crippen molar-refractivity contribution in [1.82, 2.24) is 4.90 Å². The number of hydrogen-bond donors (Lipinski definition) is 0. The van der Waals surface area contributed by atoms with Gasteiger partial charge in [-0.2, -0.15) is 0 Å². The molecular weight excluding hydrogens is 194 g/mol. The van der Waals surface area contributed by atoms with Crippen LogP contribution in [0.15, 0.2) is 24.3 Å². The molecular formula is C11H17NO3. The Bertz CT molecular complexity index is 292. The second-order valence-corrected chi connectivity index (χ2v) is 3.53. The minimum Gasteiger partial charge on any atom is -0.461 e. The molecule has 84 valence electrons. The van der Waals surface area contributed by atoms with Gasteiger partial charge in [0, 0.05) is 6.54 Å². The number of allylic oxidation sites excluding steroid dienone is 1. The summed E-state index contributed by atoms with van der Waals surface area (Å²) in [6.45, 7) is 9.20. The molecule has 0 N–H and O–H groups in total. The van der Waals surface area contributed by atoms with Crippen LogP contribution >= 0.6 is 0 Å². The molecule has 0 saturated carbocycles. The van der Waals surface area contributed by atoms with Gasteiger partial charge in [-0.25, -0.2) is 4.79 Å². The highest BCUT2D eigenvalue weighted by atomic mass is 16.5. The van der Waals surface area contributed by atoms with Gasteiger partial charge in [-0.3, -0.25) is 4.79 Å². The molecule has 0 bridgehead atoms. The Kier molecular flexibility index (Phi) is 5.56. The van der Waals surface area contributed by atoms with Gasteiger partial charge in [-0.15, -0.1) is 0 Å². The third-order valence-electron chi connectivity index (χ3n) is 1.68. The maximum atomic E-state index is 11.3. The SMILES string of the molecule is C=C(C)C(=O)C(=C)C(=O)OCCN(C)C. The van der Waals surface area contributed by atoms with Crippen molar-refractivity contribution >= 4 is 11.8 Å². The summed E-state index contributed by atoms with van der Waals surface area (Å²) in [5.74, 6) is -1.13. The summed E-state index contributed by atoms with van der Waals surface area (Å²) in [5.41, 5.74) is 0.116. The molecule has 0 unspecified atom stereocenters. The molecule has 0 heterocycles. The van der Waals surface area contributed by atoms with Gasteiger partial charge >= 0.3 is 5.97 Å². The van der Waals surface area contributed by atoms with Crippen molar-refractivity contribution in [3.8, 4) is 0 Å². The number of esters is 1. The summed E-state index contributed by atoms with van der Waals surface area (Å²) < 4.78 is 4.84. The van der Waals surface area contributed by atoms with Gasteiger partial charge in [-0.1, -0.05) is 13.2 Å². The number of carbonyl (C=O) groups is 2. The molecule has 0 spiro atoms. The number of rotatable bonds is 6. The fraction of sp³-hybridized carbons (Fsp3) is 0.455. The Morgan fingerprint density at radius 3 is 2.20 bits per heavy atom. The molecule has 0 aliphatic carbocycles. The topological polar surface area (TPSA) is 46.6 Å². The first-order valence-corrected chi connectivity index (χ1v) is 4.57. The third-order valence-corrected chi connectivity index (χ3v) is 1.68. The summed E-state index contributed by atoms with van der Waals surface area (Å²) in [5, 5.41) is 0. The molecule has 0 aromatic carbocycles. The lowest BCUT2D eigenvalue weighted by Crippen LogP contribution is -2.22. The quantitative estimate of drug-likeness (QED) is 0.282. The summed E-state index contributed by atoms with van der Waals surface area (Å²) in [6.07, 6.45) is 0. The van der Waals surface area contributed by atoms with Crippen LogP contribution in [0.5, 0.6) is 0 Å². The van der Waals surface area contributed by atoms with Gasteiger partial charge in [0.2, 0.25) is 0 Å². The summed E-state index contributed by atoms with van der Waals surface area (Å²) in [7, 11) is 3.73. The largest absolute Gasteiger partial charge is 0.461 e. The molecule has 4 nitrogen and oxygen atoms in total. The highest BCUT2D eigenvalue weighted by Gasteiger charge is 2.17. The van der Waals surface area contributed by atoms with Crippen molar-refractivity contribution in [3.63, 3.8) is 0 Å². The molecule has 0 aromatic rings. The number of nitrogens with zero attached hydrogens (tertiary/aromatic N) is 1. The van der Waals surface area contributed by atoms with Gasteiger partial charge in [-0.05, 0) is 26.6 Å². The fourth-order valence-electron chi connectivity index (χ4n) is 0.758. The van der Waals surface area contributed by atoms with Crippen molar-refractivity contribution in [3.05, 3.63) is 24.3 Å². The molecule has 0 fully saturated rings. The van der Waals surface area contributed by atoms with Crippen molar-refractivity contribution in [2.45, 2.75) is 6.92 Å². The Hall–Kier alpha value is -1.42. The number of ketones is 1. The first-order valence-electron chi connectivity index (χ1n) is 4.57. The zero-order valence-corrected chi connectivity index (χ0v) is 9.50. The van der Waals surface area contributed by atoms with Gasteiger partial charge in [0.1, 0.15) is 6.61 Å². The third kappa shape index (κ3) is 5.12. The van der Waals surface area contributed by atoms with Crippen molar-refractivity contribution < 1.29 is 14.3 Å². The normalized spacial score (nSPS) is 9.87. The second kappa shape index (κ2) is 6.14. The molecule has 0 rings (SSSR count). The Morgan fingerprint density at radius 1 is 1.27 bits per heavy atom. The highest BCUT2D eigenvalue weighted by molar-refractivity contribution is 6.23. The van der Waals surface area contributed by atoms with Gasteiger partial charge in [0.05, 0.1) is 5.57 Å². The van der Waals surface area contributed by atoms with E-state index in [1.807, 2.05) is 19.0 Å². The lowest BCUT2D eigenvalue weighted by atomic mass is 10.1. The Labute approximate surface area is 90.2 Å². The lowest BCUT2D eigenvalue weighted by molar-refractivity contribution is -0.140. The van der Waals surface area contributed by atoms with E-state index in [4.69, 9.17) is 4.74 Å². The number of Topliss-reactive ketones (excluding diaryl/α,β-unsaturated/α-hetero) is 1. The van der Waals surface area contributed by atoms with Gasteiger partial charge < -0.3 is 9.64 Å². The van der Waals surface area contributed by atoms with Crippen LogP contribution in [0.3, 0.4) is 0 Å². The van der Waals surface area contributed by atoms with Crippen LogP contribution in [0.4, 0.5) is 0 Å². The number of carbonyl (C=O) groups excluding carboxylic acids is 2. The summed E-state index contributed by atoms with van der Waals surface area (Å²) in [6, 6.07) is 0. The van der Waals surface area contributed by atoms with Crippen LogP contribution in [-0.2, 0) is 14.3 Å². The van der Waals surface area contributed by atoms with Crippen LogP contribution in [0, 0.1) is 0 Å². The minimum atomic E-state index is -0.676. The Balaban J connectivity index is 4.06. The van der Waals surface area contributed by atoms with E-state index >= 15 is 0 Å². The van der Waals surface area contributed by atoms with E-state index in [0.717, 1.165) is 0 Å². The van der Waals surface area contributed by atoms with Gasteiger partial charge in [0.15, 0.2) is 5.78 Å². The molecule has 0 aliphatic rings. The van der Waals surface area contributed by atoms with E-state index in [1.165, 1.54) is 6.92 Å². The van der Waals surface area contributed by atoms with E-state index in [2.05, 4.69) is 13.2 Å². The van der Waals surface area contributed by atoms with E-state index in [-0.39, 0.29) is 17.8 Å². The van der Waals surface area contributed by atoms with Crippen molar-refractivity contribution in [2.75, 3.05) is 27.2 Å². The molecule has 0 aliphatic heterocycles. The number of ether oxygens (including phenoxy) is 1. The maximum Gasteiger partial charge on any atom is 0.341 e. The smallest absolute Gasteiger partial charge is 0.341 e. The predicted molar refractivity (Wildman–Crippen MR) is 58.5 cm³/mol. The molecule has 0 aromatic heterocycles. The summed E-state index contributed by atoms with van der Waals surface area (Å²) >= 11 is 0. The molecule has 0 saturated heterocycles. The molecule has 15 heavy (non-hydrogen) atoms. The van der Waals surface area contributed by atoms with E-state index < -0.39 is 11.8 Å². The fourth-order valence-corrected chi connectivity index (χ4v) is 0.758. The highest BCUT2D eigenvalue weighted by Crippen LogP contribution is 2.03. The predicted octanol–water partition coefficient (Wildman–Crippen LogP) is 0.793. The van der Waals surface area contributed by atoms with Crippen LogP contribution in [0.25, 0.3) is 0 Å². The van der Waals surface area contributed by atoms with Crippen LogP contribution < -0.4 is 0 Å². The van der Waals surface area contributed by atoms with E-state index in [0.29, 0.717) is 6.54 Å². The maximum absolute atomic E-state index is 11.3. The van der Waals surface area contributed by atoms with Crippen molar-refractivity contribution in [1.29, 1.82) is 0 Å². The average molecular weight is 211 g/mol. The van der Waals surface area contributed by atoms with E-state index in [9.17, 15) is 9.59 Å². The first kappa shape index (κ1) is 13.6. The first-order chi connectivity index (χ1) is 6.86. The van der Waals surface area contributed by atoms with Crippen molar-refractivity contribution in [2.24, 2.45) is 0 Å². The molecule has 0 atom stereocenters. The van der Waals surface area contributed by atoms with E-state index in [1.54, 1.807) is 0 Å². The van der Waals surface area contributed by atoms with Crippen LogP contribution in [0.2, 0.25) is 0 Å². The zero-order chi connectivity index (χ0) is 12.0. The van der Waals surface area contributed by atoms with Crippen LogP contribution in [0.1, 0.15) is 6.92 Å². The lowest BCUT2D eigenvalue weighted by Gasteiger charge is -2.10. The number of likely N-dealkylation sites (N-methyl/N-ethyl adjacent to an activating group) is 1. The van der Waals surface area contributed by atoms with Crippen LogP contribution in [-0.4, -0.2) is 43.9 Å². The Morgan fingerprint density at radius 2 is 1.80 bits per heavy atom. The van der Waals surface area contributed by atoms with Gasteiger partial charge in [0.25, 0.3) is 0 Å². The monoisotopic (exact) mass is 211 g/mol. The average Bonchev–Trinajstić information content (AvgIpc) is 2.14. The molecule has 0 radical (unpaired) electrons. The summed E-state index contributed by atoms with van der Waals surface area (Å²) in [4.78, 5) is 24.4. The molecule has 0 amide bonds. The number of hydrogen-bond acceptors (Lipinski definition) is 4.